The lowest BCUT2D eigenvalue weighted by atomic mass is 10.1. The van der Waals surface area contributed by atoms with E-state index in [0.29, 0.717) is 35.0 Å². The molecular formula is C29H26N4O18S4. The van der Waals surface area contributed by atoms with E-state index >= 15 is 0 Å². The van der Waals surface area contributed by atoms with Gasteiger partial charge in [-0.25, -0.2) is 9.48 Å². The highest BCUT2D eigenvalue weighted by Crippen LogP contribution is 2.47. The Balaban J connectivity index is 1.82. The number of hydrazone groups is 1. The van der Waals surface area contributed by atoms with E-state index in [1.165, 1.54) is 13.0 Å². The number of aliphatic hydroxyl groups is 1. The number of hydrogen-bond donors (Lipinski definition) is 10. The number of ketones is 1. The average molecular weight is 847 g/mol. The number of esters is 1. The second kappa shape index (κ2) is 15.7. The fraction of sp³-hybridized carbons (Fsp3) is 0.0690. The molecule has 1 aliphatic heterocycles. The summed E-state index contributed by atoms with van der Waals surface area (Å²) in [5, 5.41) is 15.2. The quantitative estimate of drug-likeness (QED) is 0.0412. The van der Waals surface area contributed by atoms with Crippen molar-refractivity contribution in [3.63, 3.8) is 0 Å². The number of nitrogens with zero attached hydrogens (tertiary/aromatic N) is 3. The van der Waals surface area contributed by atoms with Gasteiger partial charge in [-0.3, -0.25) is 28.6 Å². The van der Waals surface area contributed by atoms with Crippen LogP contribution in [0.2, 0.25) is 0 Å². The molecule has 10 N–H and O–H groups in total. The van der Waals surface area contributed by atoms with E-state index in [1.807, 2.05) is 0 Å². The number of aromatic amines is 1. The zero-order chi connectivity index (χ0) is 41.3. The van der Waals surface area contributed by atoms with Gasteiger partial charge in [0.15, 0.2) is 11.4 Å². The van der Waals surface area contributed by atoms with E-state index in [-0.39, 0.29) is 11.6 Å². The van der Waals surface area contributed by atoms with Crippen molar-refractivity contribution in [1.29, 1.82) is 0 Å². The zero-order valence-corrected chi connectivity index (χ0v) is 30.5. The molecule has 22 nitrogen and oxygen atoms in total. The van der Waals surface area contributed by atoms with E-state index in [2.05, 4.69) is 10.2 Å². The Hall–Kier alpha value is -5.41. The van der Waals surface area contributed by atoms with Crippen molar-refractivity contribution in [2.45, 2.75) is 26.5 Å². The molecule has 0 spiro atoms. The smallest absolute Gasteiger partial charge is 0.357 e. The molecule has 0 bridgehead atoms. The van der Waals surface area contributed by atoms with Crippen molar-refractivity contribution < 1.29 is 77.5 Å². The molecule has 1 aliphatic rings. The monoisotopic (exact) mass is 846 g/mol. The first kappa shape index (κ1) is 42.3. The molecule has 0 saturated carbocycles. The van der Waals surface area contributed by atoms with Gasteiger partial charge in [0.1, 0.15) is 37.6 Å². The van der Waals surface area contributed by atoms with Gasteiger partial charge in [-0.05, 0) is 55.5 Å². The minimum absolute atomic E-state index is 0.202. The highest BCUT2D eigenvalue weighted by molar-refractivity contribution is 8.19. The molecule has 55 heavy (non-hydrogen) atoms. The Morgan fingerprint density at radius 2 is 1.38 bits per heavy atom. The summed E-state index contributed by atoms with van der Waals surface area (Å²) in [7, 11) is -19.3. The molecule has 0 radical (unpaired) electrons. The van der Waals surface area contributed by atoms with Crippen LogP contribution < -0.4 is 10.6 Å². The summed E-state index contributed by atoms with van der Waals surface area (Å²) >= 11 is 0. The molecule has 4 rings (SSSR count). The normalized spacial score (nSPS) is 15.4. The molecule has 3 aromatic rings. The van der Waals surface area contributed by atoms with Crippen LogP contribution in [-0.2, 0) is 34.6 Å². The fourth-order valence-corrected chi connectivity index (χ4v) is 6.96. The number of ether oxygens (including phenoxy) is 1. The maximum Gasteiger partial charge on any atom is 0.357 e. The number of nitrogens with one attached hydrogen (secondary N) is 1. The highest BCUT2D eigenvalue weighted by Gasteiger charge is 2.37. The molecule has 0 saturated heterocycles. The summed E-state index contributed by atoms with van der Waals surface area (Å²) in [4.78, 5) is 49.0. The number of hydrogen-bond acceptors (Lipinski definition) is 17. The number of H-pyrrole nitrogens is 1. The third-order valence-corrected chi connectivity index (χ3v) is 10.5. The van der Waals surface area contributed by atoms with Crippen LogP contribution in [0.25, 0.3) is 11.8 Å². The lowest BCUT2D eigenvalue weighted by molar-refractivity contribution is -0.114. The molecule has 0 atom stereocenters. The van der Waals surface area contributed by atoms with Crippen molar-refractivity contribution in [3.05, 3.63) is 87.9 Å². The van der Waals surface area contributed by atoms with Gasteiger partial charge >= 0.3 is 5.97 Å². The van der Waals surface area contributed by atoms with Gasteiger partial charge in [0.25, 0.3) is 37.5 Å². The summed E-state index contributed by atoms with van der Waals surface area (Å²) in [6, 6.07) is 3.92. The summed E-state index contributed by atoms with van der Waals surface area (Å²) in [5.74, 6) is -2.00. The topological polar surface area (TPSA) is 364 Å². The number of benzene rings is 2. The van der Waals surface area contributed by atoms with Gasteiger partial charge in [-0.1, -0.05) is 18.2 Å². The van der Waals surface area contributed by atoms with E-state index in [0.717, 1.165) is 36.4 Å². The number of anilines is 1. The lowest BCUT2D eigenvalue weighted by Crippen LogP contribution is -2.24. The number of rotatable bonds is 12. The van der Waals surface area contributed by atoms with Crippen molar-refractivity contribution in [3.8, 4) is 17.7 Å². The van der Waals surface area contributed by atoms with Gasteiger partial charge in [0.2, 0.25) is 0 Å². The lowest BCUT2D eigenvalue weighted by Gasteiger charge is -2.22. The van der Waals surface area contributed by atoms with Crippen LogP contribution >= 0.6 is 21.7 Å². The van der Waals surface area contributed by atoms with Crippen LogP contribution in [0.4, 0.5) is 5.69 Å². The van der Waals surface area contributed by atoms with E-state index in [9.17, 15) is 72.4 Å². The van der Waals surface area contributed by atoms with Crippen LogP contribution in [0.5, 0.6) is 0 Å². The van der Waals surface area contributed by atoms with E-state index < -0.39 is 119 Å². The first-order chi connectivity index (χ1) is 25.4. The summed E-state index contributed by atoms with van der Waals surface area (Å²) in [5.41, 5.74) is -5.30. The molecule has 26 heteroatoms. The number of amides is 1. The second-order valence-electron chi connectivity index (χ2n) is 10.5. The third-order valence-electron chi connectivity index (χ3n) is 6.93. The maximum absolute atomic E-state index is 13.5. The van der Waals surface area contributed by atoms with E-state index in [1.54, 1.807) is 5.92 Å². The Morgan fingerprint density at radius 3 is 1.89 bits per heavy atom. The Labute approximate surface area is 312 Å². The number of carbonyl (C=O) groups excluding carboxylic acids is 3. The van der Waals surface area contributed by atoms with Crippen molar-refractivity contribution >= 4 is 77.1 Å². The van der Waals surface area contributed by atoms with Gasteiger partial charge < -0.3 is 37.2 Å². The minimum Gasteiger partial charge on any atom is -0.462 e. The van der Waals surface area contributed by atoms with Crippen LogP contribution in [-0.4, -0.2) is 98.1 Å². The molecule has 0 aliphatic carbocycles. The zero-order valence-electron chi connectivity index (χ0n) is 27.2. The summed E-state index contributed by atoms with van der Waals surface area (Å²) in [6.07, 6.45) is 6.43. The van der Waals surface area contributed by atoms with Crippen molar-refractivity contribution in [1.82, 2.24) is 9.78 Å². The van der Waals surface area contributed by atoms with Gasteiger partial charge in [0, 0.05) is 5.92 Å². The Kier molecular flexibility index (Phi) is 12.1. The number of carbonyl (C=O) groups is 3. The van der Waals surface area contributed by atoms with Gasteiger partial charge in [0.05, 0.1) is 38.9 Å². The first-order valence-corrected chi connectivity index (χ1v) is 20.2. The second-order valence-corrected chi connectivity index (χ2v) is 16.3. The molecule has 0 unspecified atom stereocenters. The number of aliphatic hydroxyl groups excluding tert-OH is 1. The van der Waals surface area contributed by atoms with Gasteiger partial charge in [-0.15, -0.1) is 0 Å². The van der Waals surface area contributed by atoms with Crippen LogP contribution in [0, 0.1) is 12.0 Å². The Morgan fingerprint density at radius 1 is 0.836 bits per heavy atom. The maximum atomic E-state index is 13.5. The SMILES string of the molecule is CCOC(=O)c1[nH]n(-c2cc(S(O)(O)O)ccc2S(=O)(=O)O)c(=O)c1C=CC=C/C=C1\C(=O)N(c2cc(S(O)(O)O)ccc2S(=O)(=O)O)N=C1C(=O)C#CO. The molecular weight excluding hydrogens is 821 g/mol. The van der Waals surface area contributed by atoms with Crippen LogP contribution in [0.1, 0.15) is 23.0 Å². The summed E-state index contributed by atoms with van der Waals surface area (Å²) in [6.45, 7) is 1.22. The van der Waals surface area contributed by atoms with Crippen molar-refractivity contribution in [2.75, 3.05) is 11.6 Å². The molecule has 2 heterocycles. The number of aromatic nitrogens is 2. The van der Waals surface area contributed by atoms with Crippen molar-refractivity contribution in [2.24, 2.45) is 5.10 Å². The number of Topliss-reactive ketones (excluding diaryl/α,β-unsaturated/α-hetero) is 1. The molecule has 1 aromatic heterocycles. The standard InChI is InChI=1S/C29H26N4O18S4/c1-2-51-29(38)26-19(28(37)33(31-26)21-15-17(53(42,43)44)9-11-24(21)55(48,49)50)7-5-3-4-6-18-25(22(35)12-13-34)30-32(27(18)36)20-14-16(52(39,40)41)8-10-23(20)54(45,46)47/h3-11,14-15,31,34,39-44H,2H2,1H3,(H,45,46,47)(H,48,49,50)/b4-3?,7-5?,18-6-. The number of allylic oxidation sites excluding steroid dienone is 4. The first-order valence-electron chi connectivity index (χ1n) is 14.4. The van der Waals surface area contributed by atoms with Gasteiger partial charge in [-0.2, -0.15) is 26.9 Å². The van der Waals surface area contributed by atoms with Crippen LogP contribution in [0.15, 0.2) is 95.8 Å². The predicted molar refractivity (Wildman–Crippen MR) is 192 cm³/mol. The summed E-state index contributed by atoms with van der Waals surface area (Å²) < 4.78 is 131. The van der Waals surface area contributed by atoms with Crippen LogP contribution in [0.3, 0.4) is 0 Å². The largest absolute Gasteiger partial charge is 0.462 e. The molecule has 2 aromatic carbocycles. The molecule has 1 amide bonds. The molecule has 0 fully saturated rings. The highest BCUT2D eigenvalue weighted by atomic mass is 32.3. The fourth-order valence-electron chi connectivity index (χ4n) is 4.62. The van der Waals surface area contributed by atoms with E-state index in [4.69, 9.17) is 9.84 Å². The Bertz CT molecular complexity index is 2580. The molecule has 294 valence electrons. The third kappa shape index (κ3) is 9.28. The predicted octanol–water partition coefficient (Wildman–Crippen LogP) is 2.80. The average Bonchev–Trinajstić information content (AvgIpc) is 3.58. The minimum atomic E-state index is -5.16.